The van der Waals surface area contributed by atoms with Crippen LogP contribution in [0.15, 0.2) is 11.6 Å². The van der Waals surface area contributed by atoms with Crippen molar-refractivity contribution in [3.63, 3.8) is 0 Å². The van der Waals surface area contributed by atoms with Crippen molar-refractivity contribution in [1.29, 1.82) is 0 Å². The second-order valence-electron chi connectivity index (χ2n) is 18.6. The molecule has 1 aromatic heterocycles. The molecule has 60 heavy (non-hydrogen) atoms. The Morgan fingerprint density at radius 1 is 0.933 bits per heavy atom. The maximum Gasteiger partial charge on any atom is 0.306 e. The highest BCUT2D eigenvalue weighted by atomic mass is 32.1. The second kappa shape index (κ2) is 19.2. The third kappa shape index (κ3) is 8.92. The van der Waals surface area contributed by atoms with Gasteiger partial charge in [0.1, 0.15) is 24.4 Å². The molecule has 1 saturated carbocycles. The molecule has 13 nitrogen and oxygen atoms in total. The van der Waals surface area contributed by atoms with Crippen LogP contribution in [-0.4, -0.2) is 123 Å². The molecule has 1 amide bonds. The van der Waals surface area contributed by atoms with E-state index in [4.69, 9.17) is 42.9 Å². The fourth-order valence-corrected chi connectivity index (χ4v) is 12.8. The van der Waals surface area contributed by atoms with Crippen molar-refractivity contribution in [2.24, 2.45) is 29.6 Å². The number of aromatic nitrogens is 1. The van der Waals surface area contributed by atoms with E-state index in [1.165, 1.54) is 4.88 Å². The summed E-state index contributed by atoms with van der Waals surface area (Å²) in [5, 5.41) is 0.980. The second-order valence-corrected chi connectivity index (χ2v) is 19.9. The lowest BCUT2D eigenvalue weighted by atomic mass is 9.67. The molecule has 0 bridgehead atoms. The molecular weight excluding hydrogens is 789 g/mol. The minimum Gasteiger partial charge on any atom is -0.462 e. The summed E-state index contributed by atoms with van der Waals surface area (Å²) in [6.07, 6.45) is 4.52. The van der Waals surface area contributed by atoms with Gasteiger partial charge in [-0.2, -0.15) is 0 Å². The highest BCUT2D eigenvalue weighted by molar-refractivity contribution is 7.11. The minimum absolute atomic E-state index is 0.00738. The Kier molecular flexibility index (Phi) is 14.6. The lowest BCUT2D eigenvalue weighted by molar-refractivity contribution is -0.314. The first-order valence-electron chi connectivity index (χ1n) is 22.6. The van der Waals surface area contributed by atoms with E-state index in [1.807, 2.05) is 53.5 Å². The lowest BCUT2D eigenvalue weighted by Gasteiger charge is -2.44. The summed E-state index contributed by atoms with van der Waals surface area (Å²) in [5.41, 5.74) is 1.71. The molecule has 4 fully saturated rings. The molecule has 0 aromatic carbocycles. The molecule has 3 aliphatic heterocycles. The van der Waals surface area contributed by atoms with Gasteiger partial charge in [-0.1, -0.05) is 33.8 Å². The number of thiazole rings is 1. The molecule has 6 aliphatic rings. The van der Waals surface area contributed by atoms with Crippen LogP contribution in [0.4, 0.5) is 0 Å². The van der Waals surface area contributed by atoms with E-state index in [0.29, 0.717) is 31.3 Å². The van der Waals surface area contributed by atoms with Crippen molar-refractivity contribution in [2.75, 3.05) is 28.4 Å². The quantitative estimate of drug-likeness (QED) is 0.227. The van der Waals surface area contributed by atoms with Gasteiger partial charge < -0.3 is 42.8 Å². The molecular formula is C46H70N2O11S. The minimum atomic E-state index is -0.645. The molecule has 0 N–H and O–H groups in total. The number of carbonyl (C=O) groups is 3. The molecule has 7 rings (SSSR count). The third-order valence-corrected chi connectivity index (χ3v) is 15.8. The largest absolute Gasteiger partial charge is 0.462 e. The van der Waals surface area contributed by atoms with E-state index in [9.17, 15) is 9.59 Å². The molecule has 0 unspecified atom stereocenters. The fourth-order valence-electron chi connectivity index (χ4n) is 11.6. The summed E-state index contributed by atoms with van der Waals surface area (Å²) in [6.45, 7) is 13.9. The molecule has 0 spiro atoms. The first-order chi connectivity index (χ1) is 28.7. The Balaban J connectivity index is 1.15. The summed E-state index contributed by atoms with van der Waals surface area (Å²) in [5.74, 6) is -0.850. The normalized spacial score (nSPS) is 41.0. The number of amides is 1. The maximum absolute atomic E-state index is 15.1. The van der Waals surface area contributed by atoms with Gasteiger partial charge in [-0.25, -0.2) is 4.98 Å². The Labute approximate surface area is 360 Å². The fraction of sp³-hybridized carbons (Fsp3) is 0.826. The first kappa shape index (κ1) is 45.7. The number of likely N-dealkylation sites (N-methyl/N-ethyl adjacent to an activating group) is 1. The van der Waals surface area contributed by atoms with Crippen molar-refractivity contribution in [3.8, 4) is 0 Å². The number of hydrogen-bond acceptors (Lipinski definition) is 13. The molecule has 0 radical (unpaired) electrons. The maximum atomic E-state index is 15.1. The van der Waals surface area contributed by atoms with Gasteiger partial charge in [0.2, 0.25) is 5.91 Å². The van der Waals surface area contributed by atoms with Gasteiger partial charge in [0.25, 0.3) is 0 Å². The Morgan fingerprint density at radius 3 is 2.33 bits per heavy atom. The number of esters is 1. The van der Waals surface area contributed by atoms with Crippen molar-refractivity contribution in [3.05, 3.63) is 27.2 Å². The number of carbonyl (C=O) groups excluding carboxylic acids is 3. The van der Waals surface area contributed by atoms with Gasteiger partial charge >= 0.3 is 5.97 Å². The number of cyclic esters (lactones) is 1. The summed E-state index contributed by atoms with van der Waals surface area (Å²) >= 11 is 1.73. The molecule has 3 saturated heterocycles. The number of aryl methyl sites for hydroxylation is 1. The number of methoxy groups -OCH3 is 3. The van der Waals surface area contributed by atoms with Crippen LogP contribution in [0.2, 0.25) is 0 Å². The smallest absolute Gasteiger partial charge is 0.306 e. The van der Waals surface area contributed by atoms with Crippen molar-refractivity contribution in [1.82, 2.24) is 9.88 Å². The van der Waals surface area contributed by atoms with E-state index < -0.39 is 30.7 Å². The molecule has 1 aromatic rings. The van der Waals surface area contributed by atoms with Crippen LogP contribution >= 0.6 is 11.3 Å². The SMILES string of the molecule is CC[C@H]1CCC[C@H](O[C@H]2CC[C@H](N(C)C(=O)C(C)C)[C@@H](C)O2)[C@@H](C)C(=O)C2=C[C@H]3[C@@H]4C[C@H](O[C@@H]5O[C@@H](C)[C@H](OC)[C@@H](OC)[C@H]5OC)C[C@H]4c4sc(C)nc4[C@H]3[C@@H]2CC(=O)O1. The van der Waals surface area contributed by atoms with E-state index in [-0.39, 0.29) is 102 Å². The number of fused-ring (bicyclic) bond motifs is 8. The molecule has 3 aliphatic carbocycles. The Morgan fingerprint density at radius 2 is 1.67 bits per heavy atom. The van der Waals surface area contributed by atoms with Crippen molar-refractivity contribution < 1.29 is 52.3 Å². The summed E-state index contributed by atoms with van der Waals surface area (Å²) in [7, 11) is 6.81. The van der Waals surface area contributed by atoms with Gasteiger partial charge in [0.05, 0.1) is 47.6 Å². The monoisotopic (exact) mass is 858 g/mol. The van der Waals surface area contributed by atoms with Crippen LogP contribution in [-0.2, 0) is 52.3 Å². The van der Waals surface area contributed by atoms with E-state index in [0.717, 1.165) is 36.4 Å². The van der Waals surface area contributed by atoms with Gasteiger partial charge in [-0.3, -0.25) is 14.4 Å². The van der Waals surface area contributed by atoms with Crippen LogP contribution in [0, 0.1) is 36.5 Å². The van der Waals surface area contributed by atoms with E-state index >= 15 is 4.79 Å². The first-order valence-corrected chi connectivity index (χ1v) is 23.4. The molecule has 17 atom stereocenters. The average Bonchev–Trinajstić information content (AvgIpc) is 3.93. The number of rotatable bonds is 10. The number of Topliss-reactive ketones (excluding diaryl/α,β-unsaturated/α-hetero) is 1. The highest BCUT2D eigenvalue weighted by Crippen LogP contribution is 2.62. The number of ether oxygens (including phenoxy) is 8. The van der Waals surface area contributed by atoms with Crippen LogP contribution in [0.3, 0.4) is 0 Å². The molecule has 4 heterocycles. The average molecular weight is 859 g/mol. The van der Waals surface area contributed by atoms with Gasteiger partial charge in [-0.05, 0) is 83.1 Å². The van der Waals surface area contributed by atoms with Gasteiger partial charge in [0.15, 0.2) is 18.4 Å². The number of allylic oxidation sites excluding steroid dienone is 2. The molecule has 336 valence electrons. The number of hydrogen-bond donors (Lipinski definition) is 0. The van der Waals surface area contributed by atoms with Crippen molar-refractivity contribution in [2.45, 2.75) is 186 Å². The third-order valence-electron chi connectivity index (χ3n) is 14.7. The summed E-state index contributed by atoms with van der Waals surface area (Å²) in [6, 6.07) is -0.0445. The van der Waals surface area contributed by atoms with Gasteiger partial charge in [-0.15, -0.1) is 11.3 Å². The summed E-state index contributed by atoms with van der Waals surface area (Å²) < 4.78 is 50.2. The predicted octanol–water partition coefficient (Wildman–Crippen LogP) is 6.88. The van der Waals surface area contributed by atoms with E-state index in [2.05, 4.69) is 13.0 Å². The standard InChI is InChI=1S/C46H70N2O11S/c1-12-27-14-13-15-35(59-37-17-16-34(24(5)55-37)48(8)45(51)22(2)3)23(4)40(50)32-20-30-29-18-28(58-46-43(54-11)42(53-10)41(52-9)25(6)56-46)19-33(29)44-39(47-26(7)60-44)38(30)31(32)21-36(49)57-27/h20,22-25,27-31,33-35,37-38,41-43,46H,12-19,21H2,1-11H3/t23-,24-,25+,27+,28+,29+,30+,31-,33-,34+,35+,37+,38-,41+,42-,43-,46+/m1/s1. The topological polar surface area (TPSA) is 141 Å². The Hall–Kier alpha value is -2.30. The Bertz CT molecular complexity index is 1720. The van der Waals surface area contributed by atoms with Gasteiger partial charge in [0, 0.05) is 69.3 Å². The van der Waals surface area contributed by atoms with Crippen LogP contribution in [0.1, 0.15) is 127 Å². The lowest BCUT2D eigenvalue weighted by Crippen LogP contribution is -2.59. The highest BCUT2D eigenvalue weighted by Gasteiger charge is 2.57. The van der Waals surface area contributed by atoms with Crippen LogP contribution < -0.4 is 0 Å². The van der Waals surface area contributed by atoms with E-state index in [1.54, 1.807) is 32.7 Å². The summed E-state index contributed by atoms with van der Waals surface area (Å²) in [4.78, 5) is 50.0. The van der Waals surface area contributed by atoms with Crippen LogP contribution in [0.25, 0.3) is 0 Å². The van der Waals surface area contributed by atoms with Crippen LogP contribution in [0.5, 0.6) is 0 Å². The molecule has 14 heteroatoms. The predicted molar refractivity (Wildman–Crippen MR) is 224 cm³/mol. The van der Waals surface area contributed by atoms with Crippen molar-refractivity contribution >= 4 is 29.0 Å². The zero-order valence-electron chi connectivity index (χ0n) is 37.6. The number of ketones is 1. The number of nitrogens with zero attached hydrogens (tertiary/aromatic N) is 2. The zero-order valence-corrected chi connectivity index (χ0v) is 38.4. The zero-order chi connectivity index (χ0) is 43.2.